The summed E-state index contributed by atoms with van der Waals surface area (Å²) in [4.78, 5) is 0. The van der Waals surface area contributed by atoms with Crippen molar-refractivity contribution in [1.82, 2.24) is 0 Å². The maximum absolute atomic E-state index is 9.02. The number of ether oxygens (including phenoxy) is 3. The fourth-order valence-corrected chi connectivity index (χ4v) is 2.29. The molecule has 0 saturated carbocycles. The van der Waals surface area contributed by atoms with E-state index in [9.17, 15) is 0 Å². The Morgan fingerprint density at radius 2 is 0.852 bits per heavy atom. The molecule has 2 rings (SSSR count). The fraction of sp³-hybridized carbons (Fsp3) is 0.333. The lowest BCUT2D eigenvalue weighted by Gasteiger charge is -2.08. The van der Waals surface area contributed by atoms with Gasteiger partial charge in [-0.3, -0.25) is 0 Å². The van der Waals surface area contributed by atoms with Crippen molar-refractivity contribution in [1.29, 1.82) is 0 Å². The SMILES string of the molecule is OB(O)c1ccc(COCCOCCOCc2ccc(B(O)O)cc2)cc1. The van der Waals surface area contributed by atoms with Crippen LogP contribution in [0, 0.1) is 0 Å². The van der Waals surface area contributed by atoms with Gasteiger partial charge in [0.05, 0.1) is 39.6 Å². The number of rotatable bonds is 12. The molecule has 0 aromatic heterocycles. The minimum absolute atomic E-state index is 0.431. The van der Waals surface area contributed by atoms with E-state index in [4.69, 9.17) is 34.3 Å². The van der Waals surface area contributed by atoms with Gasteiger partial charge in [-0.1, -0.05) is 48.5 Å². The third-order valence-electron chi connectivity index (χ3n) is 3.84. The van der Waals surface area contributed by atoms with Crippen LogP contribution in [0.1, 0.15) is 11.1 Å². The lowest BCUT2D eigenvalue weighted by Crippen LogP contribution is -2.29. The topological polar surface area (TPSA) is 109 Å². The van der Waals surface area contributed by atoms with Crippen molar-refractivity contribution in [2.24, 2.45) is 0 Å². The zero-order valence-electron chi connectivity index (χ0n) is 15.0. The summed E-state index contributed by atoms with van der Waals surface area (Å²) in [6, 6.07) is 13.8. The minimum Gasteiger partial charge on any atom is -0.423 e. The monoisotopic (exact) mass is 374 g/mol. The second-order valence-electron chi connectivity index (χ2n) is 5.95. The lowest BCUT2D eigenvalue weighted by atomic mass is 9.80. The molecule has 9 heteroatoms. The van der Waals surface area contributed by atoms with Crippen LogP contribution in [0.15, 0.2) is 48.5 Å². The molecule has 0 unspecified atom stereocenters. The normalized spacial score (nSPS) is 10.8. The van der Waals surface area contributed by atoms with E-state index < -0.39 is 14.2 Å². The Bertz CT molecular complexity index is 590. The molecular weight excluding hydrogens is 350 g/mol. The van der Waals surface area contributed by atoms with E-state index in [0.717, 1.165) is 11.1 Å². The average Bonchev–Trinajstić information content (AvgIpc) is 2.67. The Labute approximate surface area is 159 Å². The van der Waals surface area contributed by atoms with Crippen molar-refractivity contribution in [3.05, 3.63) is 59.7 Å². The highest BCUT2D eigenvalue weighted by Crippen LogP contribution is 2.01. The molecular formula is C18H24B2O7. The molecule has 0 saturated heterocycles. The van der Waals surface area contributed by atoms with Gasteiger partial charge in [0.25, 0.3) is 0 Å². The average molecular weight is 374 g/mol. The molecule has 0 aliphatic heterocycles. The predicted octanol–water partition coefficient (Wildman–Crippen LogP) is -1.20. The molecule has 0 fully saturated rings. The quantitative estimate of drug-likeness (QED) is 0.273. The van der Waals surface area contributed by atoms with Crippen LogP contribution in [0.3, 0.4) is 0 Å². The summed E-state index contributed by atoms with van der Waals surface area (Å²) >= 11 is 0. The summed E-state index contributed by atoms with van der Waals surface area (Å²) in [6.07, 6.45) is 0. The molecule has 0 amide bonds. The number of benzene rings is 2. The Hall–Kier alpha value is -1.71. The third kappa shape index (κ3) is 8.23. The van der Waals surface area contributed by atoms with Crippen LogP contribution < -0.4 is 10.9 Å². The number of hydrogen-bond acceptors (Lipinski definition) is 7. The molecule has 4 N–H and O–H groups in total. The molecule has 144 valence electrons. The van der Waals surface area contributed by atoms with Crippen LogP contribution in [0.5, 0.6) is 0 Å². The lowest BCUT2D eigenvalue weighted by molar-refractivity contribution is 0.00704. The van der Waals surface area contributed by atoms with Crippen LogP contribution in [-0.4, -0.2) is 60.8 Å². The van der Waals surface area contributed by atoms with E-state index in [1.807, 2.05) is 0 Å². The maximum Gasteiger partial charge on any atom is 0.488 e. The largest absolute Gasteiger partial charge is 0.488 e. The molecule has 2 aromatic carbocycles. The van der Waals surface area contributed by atoms with Gasteiger partial charge in [-0.25, -0.2) is 0 Å². The predicted molar refractivity (Wildman–Crippen MR) is 103 cm³/mol. The molecule has 27 heavy (non-hydrogen) atoms. The molecule has 0 aliphatic rings. The molecule has 2 aromatic rings. The van der Waals surface area contributed by atoms with Gasteiger partial charge in [0.2, 0.25) is 0 Å². The van der Waals surface area contributed by atoms with E-state index in [0.29, 0.717) is 50.6 Å². The van der Waals surface area contributed by atoms with E-state index >= 15 is 0 Å². The van der Waals surface area contributed by atoms with Gasteiger partial charge in [0.1, 0.15) is 0 Å². The maximum atomic E-state index is 9.02. The molecule has 0 aliphatic carbocycles. The second-order valence-corrected chi connectivity index (χ2v) is 5.95. The van der Waals surface area contributed by atoms with Crippen molar-refractivity contribution < 1.29 is 34.3 Å². The van der Waals surface area contributed by atoms with Gasteiger partial charge in [-0.15, -0.1) is 0 Å². The van der Waals surface area contributed by atoms with Crippen molar-refractivity contribution in [2.45, 2.75) is 13.2 Å². The van der Waals surface area contributed by atoms with Crippen molar-refractivity contribution in [3.63, 3.8) is 0 Å². The Kier molecular flexibility index (Phi) is 9.51. The third-order valence-corrected chi connectivity index (χ3v) is 3.84. The highest BCUT2D eigenvalue weighted by atomic mass is 16.5. The first-order valence-corrected chi connectivity index (χ1v) is 8.69. The van der Waals surface area contributed by atoms with E-state index in [1.54, 1.807) is 48.5 Å². The number of hydrogen-bond donors (Lipinski definition) is 4. The van der Waals surface area contributed by atoms with Crippen LogP contribution in [0.2, 0.25) is 0 Å². The molecule has 0 heterocycles. The Balaban J connectivity index is 1.47. The summed E-state index contributed by atoms with van der Waals surface area (Å²) in [6.45, 7) is 2.69. The molecule has 0 bridgehead atoms. The second kappa shape index (κ2) is 11.9. The van der Waals surface area contributed by atoms with Crippen molar-refractivity contribution >= 4 is 25.2 Å². The van der Waals surface area contributed by atoms with Gasteiger partial charge >= 0.3 is 14.2 Å². The highest BCUT2D eigenvalue weighted by molar-refractivity contribution is 6.58. The summed E-state index contributed by atoms with van der Waals surface area (Å²) < 4.78 is 16.4. The summed E-state index contributed by atoms with van der Waals surface area (Å²) in [5.74, 6) is 0. The summed E-state index contributed by atoms with van der Waals surface area (Å²) in [5.41, 5.74) is 2.79. The van der Waals surface area contributed by atoms with Gasteiger partial charge in [0.15, 0.2) is 0 Å². The van der Waals surface area contributed by atoms with Crippen LogP contribution in [0.4, 0.5) is 0 Å². The first-order chi connectivity index (χ1) is 13.1. The van der Waals surface area contributed by atoms with Crippen molar-refractivity contribution in [3.8, 4) is 0 Å². The Morgan fingerprint density at radius 1 is 0.519 bits per heavy atom. The van der Waals surface area contributed by atoms with Gasteiger partial charge in [-0.05, 0) is 22.1 Å². The molecule has 0 radical (unpaired) electrons. The summed E-state index contributed by atoms with van der Waals surface area (Å²) in [5, 5.41) is 36.1. The molecule has 0 spiro atoms. The standard InChI is InChI=1S/C18H24B2O7/c21-19(22)17-5-1-15(2-6-17)13-26-11-9-25-10-12-27-14-16-3-7-18(8-4-16)20(23)24/h1-8,21-24H,9-14H2. The van der Waals surface area contributed by atoms with E-state index in [-0.39, 0.29) is 0 Å². The summed E-state index contributed by atoms with van der Waals surface area (Å²) in [7, 11) is -2.91. The zero-order chi connectivity index (χ0) is 19.5. The molecule has 7 nitrogen and oxygen atoms in total. The fourth-order valence-electron chi connectivity index (χ4n) is 2.29. The van der Waals surface area contributed by atoms with Crippen LogP contribution in [-0.2, 0) is 27.4 Å². The van der Waals surface area contributed by atoms with E-state index in [2.05, 4.69) is 0 Å². The Morgan fingerprint density at radius 3 is 1.19 bits per heavy atom. The van der Waals surface area contributed by atoms with Crippen molar-refractivity contribution in [2.75, 3.05) is 26.4 Å². The van der Waals surface area contributed by atoms with Crippen LogP contribution >= 0.6 is 0 Å². The minimum atomic E-state index is -1.46. The van der Waals surface area contributed by atoms with Gasteiger partial charge in [-0.2, -0.15) is 0 Å². The van der Waals surface area contributed by atoms with Crippen LogP contribution in [0.25, 0.3) is 0 Å². The molecule has 0 atom stereocenters. The first-order valence-electron chi connectivity index (χ1n) is 8.69. The van der Waals surface area contributed by atoms with Gasteiger partial charge < -0.3 is 34.3 Å². The highest BCUT2D eigenvalue weighted by Gasteiger charge is 2.10. The van der Waals surface area contributed by atoms with E-state index in [1.165, 1.54) is 0 Å². The first kappa shape index (κ1) is 21.6. The van der Waals surface area contributed by atoms with Gasteiger partial charge in [0, 0.05) is 0 Å². The smallest absolute Gasteiger partial charge is 0.423 e. The zero-order valence-corrected chi connectivity index (χ0v) is 15.0.